The topological polar surface area (TPSA) is 59.6 Å². The summed E-state index contributed by atoms with van der Waals surface area (Å²) in [7, 11) is 0. The first-order chi connectivity index (χ1) is 9.33. The average molecular weight is 262 g/mol. The average Bonchev–Trinajstić information content (AvgIpc) is 2.99. The Labute approximate surface area is 112 Å². The second-order valence-electron chi connectivity index (χ2n) is 4.84. The van der Waals surface area contributed by atoms with Crippen LogP contribution in [0.25, 0.3) is 0 Å². The molecule has 2 N–H and O–H groups in total. The van der Waals surface area contributed by atoms with Crippen LogP contribution in [0.15, 0.2) is 18.2 Å². The summed E-state index contributed by atoms with van der Waals surface area (Å²) in [5.74, 6) is 1.61. The van der Waals surface area contributed by atoms with Crippen LogP contribution in [0.3, 0.4) is 0 Å². The number of nitrogens with one attached hydrogen (secondary N) is 2. The zero-order valence-corrected chi connectivity index (χ0v) is 10.8. The molecule has 19 heavy (non-hydrogen) atoms. The van der Waals surface area contributed by atoms with Crippen LogP contribution < -0.4 is 20.1 Å². The number of amides is 1. The van der Waals surface area contributed by atoms with E-state index in [0.29, 0.717) is 19.8 Å². The first kappa shape index (κ1) is 12.3. The molecular formula is C14H18N2O3. The largest absolute Gasteiger partial charge is 0.486 e. The summed E-state index contributed by atoms with van der Waals surface area (Å²) in [6.45, 7) is 2.63. The first-order valence-electron chi connectivity index (χ1n) is 6.72. The van der Waals surface area contributed by atoms with E-state index in [9.17, 15) is 4.79 Å². The molecule has 1 amide bonds. The fourth-order valence-corrected chi connectivity index (χ4v) is 2.42. The highest BCUT2D eigenvalue weighted by molar-refractivity contribution is 5.82. The normalized spacial score (nSPS) is 21.2. The monoisotopic (exact) mass is 262 g/mol. The van der Waals surface area contributed by atoms with E-state index in [4.69, 9.17) is 9.47 Å². The summed E-state index contributed by atoms with van der Waals surface area (Å²) in [6, 6.07) is 5.74. The zero-order valence-electron chi connectivity index (χ0n) is 10.8. The van der Waals surface area contributed by atoms with Gasteiger partial charge in [0.1, 0.15) is 13.2 Å². The van der Waals surface area contributed by atoms with E-state index >= 15 is 0 Å². The van der Waals surface area contributed by atoms with Gasteiger partial charge in [-0.1, -0.05) is 6.07 Å². The molecule has 0 spiro atoms. The van der Waals surface area contributed by atoms with Crippen molar-refractivity contribution in [2.75, 3.05) is 19.8 Å². The van der Waals surface area contributed by atoms with Crippen molar-refractivity contribution < 1.29 is 14.3 Å². The van der Waals surface area contributed by atoms with E-state index in [2.05, 4.69) is 10.6 Å². The molecule has 102 valence electrons. The van der Waals surface area contributed by atoms with Gasteiger partial charge in [-0.3, -0.25) is 4.79 Å². The number of benzene rings is 1. The lowest BCUT2D eigenvalue weighted by molar-refractivity contribution is -0.122. The molecule has 5 nitrogen and oxygen atoms in total. The van der Waals surface area contributed by atoms with Gasteiger partial charge < -0.3 is 20.1 Å². The van der Waals surface area contributed by atoms with Crippen LogP contribution in [0.4, 0.5) is 0 Å². The summed E-state index contributed by atoms with van der Waals surface area (Å²) in [5.41, 5.74) is 1.02. The van der Waals surface area contributed by atoms with Crippen LogP contribution in [0.1, 0.15) is 18.4 Å². The van der Waals surface area contributed by atoms with Crippen molar-refractivity contribution in [2.45, 2.75) is 25.4 Å². The Kier molecular flexibility index (Phi) is 3.55. The van der Waals surface area contributed by atoms with E-state index in [0.717, 1.165) is 36.4 Å². The highest BCUT2D eigenvalue weighted by Gasteiger charge is 2.21. The molecule has 5 heteroatoms. The molecule has 1 aromatic rings. The Morgan fingerprint density at radius 1 is 1.32 bits per heavy atom. The minimum absolute atomic E-state index is 0.0304. The third kappa shape index (κ3) is 2.81. The second kappa shape index (κ2) is 5.48. The quantitative estimate of drug-likeness (QED) is 0.847. The molecule has 2 heterocycles. The van der Waals surface area contributed by atoms with Gasteiger partial charge in [-0.2, -0.15) is 0 Å². The Morgan fingerprint density at radius 2 is 2.16 bits per heavy atom. The maximum Gasteiger partial charge on any atom is 0.237 e. The molecule has 1 atom stereocenters. The second-order valence-corrected chi connectivity index (χ2v) is 4.84. The maximum absolute atomic E-state index is 11.9. The van der Waals surface area contributed by atoms with Crippen LogP contribution in [0.5, 0.6) is 11.5 Å². The van der Waals surface area contributed by atoms with Crippen molar-refractivity contribution in [3.63, 3.8) is 0 Å². The summed E-state index contributed by atoms with van der Waals surface area (Å²) < 4.78 is 11.0. The lowest BCUT2D eigenvalue weighted by Gasteiger charge is -2.19. The maximum atomic E-state index is 11.9. The highest BCUT2D eigenvalue weighted by Crippen LogP contribution is 2.30. The van der Waals surface area contributed by atoms with Crippen LogP contribution in [0, 0.1) is 0 Å². The minimum atomic E-state index is -0.0304. The van der Waals surface area contributed by atoms with Crippen LogP contribution in [0.2, 0.25) is 0 Å². The Balaban J connectivity index is 1.59. The van der Waals surface area contributed by atoms with Crippen molar-refractivity contribution in [3.8, 4) is 11.5 Å². The van der Waals surface area contributed by atoms with E-state index < -0.39 is 0 Å². The zero-order chi connectivity index (χ0) is 13.1. The summed E-state index contributed by atoms with van der Waals surface area (Å²) >= 11 is 0. The molecule has 0 aliphatic carbocycles. The molecule has 0 aromatic heterocycles. The number of hydrogen-bond acceptors (Lipinski definition) is 4. The molecule has 0 radical (unpaired) electrons. The lowest BCUT2D eigenvalue weighted by Crippen LogP contribution is -2.40. The van der Waals surface area contributed by atoms with Crippen molar-refractivity contribution in [2.24, 2.45) is 0 Å². The molecule has 0 saturated carbocycles. The van der Waals surface area contributed by atoms with Gasteiger partial charge >= 0.3 is 0 Å². The van der Waals surface area contributed by atoms with E-state index in [-0.39, 0.29) is 11.9 Å². The van der Waals surface area contributed by atoms with Gasteiger partial charge in [-0.15, -0.1) is 0 Å². The minimum Gasteiger partial charge on any atom is -0.486 e. The predicted octanol–water partition coefficient (Wildman–Crippen LogP) is 0.826. The van der Waals surface area contributed by atoms with Gasteiger partial charge in [0.25, 0.3) is 0 Å². The van der Waals surface area contributed by atoms with Crippen molar-refractivity contribution >= 4 is 5.91 Å². The third-order valence-electron chi connectivity index (χ3n) is 3.45. The van der Waals surface area contributed by atoms with Gasteiger partial charge in [0.15, 0.2) is 11.5 Å². The number of hydrogen-bond donors (Lipinski definition) is 2. The molecule has 3 rings (SSSR count). The molecule has 1 aromatic carbocycles. The van der Waals surface area contributed by atoms with Crippen molar-refractivity contribution in [1.82, 2.24) is 10.6 Å². The summed E-state index contributed by atoms with van der Waals surface area (Å²) in [5, 5.41) is 6.14. The molecule has 2 aliphatic rings. The molecule has 1 fully saturated rings. The van der Waals surface area contributed by atoms with E-state index in [1.807, 2.05) is 18.2 Å². The van der Waals surface area contributed by atoms with Gasteiger partial charge in [0.05, 0.1) is 6.04 Å². The van der Waals surface area contributed by atoms with Gasteiger partial charge in [-0.05, 0) is 37.1 Å². The molecule has 0 unspecified atom stereocenters. The van der Waals surface area contributed by atoms with Gasteiger partial charge in [-0.25, -0.2) is 0 Å². The van der Waals surface area contributed by atoms with Crippen LogP contribution in [-0.2, 0) is 11.3 Å². The Hall–Kier alpha value is -1.75. The van der Waals surface area contributed by atoms with Gasteiger partial charge in [0, 0.05) is 6.54 Å². The van der Waals surface area contributed by atoms with Crippen molar-refractivity contribution in [3.05, 3.63) is 23.8 Å². The predicted molar refractivity (Wildman–Crippen MR) is 70.3 cm³/mol. The standard InChI is InChI=1S/C14H18N2O3/c17-14(11-2-1-5-15-11)16-9-10-3-4-12-13(8-10)19-7-6-18-12/h3-4,8,11,15H,1-2,5-7,9H2,(H,16,17)/t11-/m1/s1. The van der Waals surface area contributed by atoms with Gasteiger partial charge in [0.2, 0.25) is 5.91 Å². The first-order valence-corrected chi connectivity index (χ1v) is 6.72. The van der Waals surface area contributed by atoms with Crippen LogP contribution >= 0.6 is 0 Å². The number of ether oxygens (including phenoxy) is 2. The number of carbonyl (C=O) groups excluding carboxylic acids is 1. The Morgan fingerprint density at radius 3 is 2.95 bits per heavy atom. The molecule has 1 saturated heterocycles. The lowest BCUT2D eigenvalue weighted by atomic mass is 10.1. The number of fused-ring (bicyclic) bond motifs is 1. The third-order valence-corrected chi connectivity index (χ3v) is 3.45. The summed E-state index contributed by atoms with van der Waals surface area (Å²) in [6.07, 6.45) is 2.00. The Bertz CT molecular complexity index is 470. The highest BCUT2D eigenvalue weighted by atomic mass is 16.6. The SMILES string of the molecule is O=C(NCc1ccc2c(c1)OCCO2)[C@H]1CCCN1. The van der Waals surface area contributed by atoms with E-state index in [1.165, 1.54) is 0 Å². The molecule has 0 bridgehead atoms. The van der Waals surface area contributed by atoms with Crippen LogP contribution in [-0.4, -0.2) is 31.7 Å². The fraction of sp³-hybridized carbons (Fsp3) is 0.500. The smallest absolute Gasteiger partial charge is 0.237 e. The summed E-state index contributed by atoms with van der Waals surface area (Å²) in [4.78, 5) is 11.9. The molecule has 2 aliphatic heterocycles. The molecular weight excluding hydrogens is 244 g/mol. The fourth-order valence-electron chi connectivity index (χ4n) is 2.42. The number of carbonyl (C=O) groups is 1. The number of rotatable bonds is 3. The van der Waals surface area contributed by atoms with E-state index in [1.54, 1.807) is 0 Å². The van der Waals surface area contributed by atoms with Crippen molar-refractivity contribution in [1.29, 1.82) is 0 Å².